The third-order valence-electron chi connectivity index (χ3n) is 12.7. The normalized spacial score (nSPS) is 11.7. The summed E-state index contributed by atoms with van der Waals surface area (Å²) in [6, 6.07) is 76.8. The minimum absolute atomic E-state index is 0.315. The molecule has 0 saturated heterocycles. The van der Waals surface area contributed by atoms with Crippen molar-refractivity contribution < 1.29 is 8.78 Å². The van der Waals surface area contributed by atoms with Gasteiger partial charge >= 0.3 is 0 Å². The fraction of sp³-hybridized carbons (Fsp3) is 0. The number of hydrogen-bond acceptors (Lipinski definition) is 1. The van der Waals surface area contributed by atoms with Gasteiger partial charge in [-0.3, -0.25) is 0 Å². The Morgan fingerprint density at radius 3 is 1.08 bits per heavy atom. The second-order valence-electron chi connectivity index (χ2n) is 16.3. The molecule has 296 valence electrons. The second kappa shape index (κ2) is 14.8. The van der Waals surface area contributed by atoms with Gasteiger partial charge in [0.05, 0.1) is 0 Å². The number of halogens is 2. The molecule has 0 spiro atoms. The summed E-state index contributed by atoms with van der Waals surface area (Å²) < 4.78 is 28.2. The average molecular weight is 810 g/mol. The first-order valence-electron chi connectivity index (χ1n) is 21.3. The molecule has 0 atom stereocenters. The summed E-state index contributed by atoms with van der Waals surface area (Å²) >= 11 is 0. The quantitative estimate of drug-likeness (QED) is 0.119. The zero-order valence-electron chi connectivity index (χ0n) is 34.1. The molecule has 12 aromatic carbocycles. The first-order chi connectivity index (χ1) is 31.1. The molecule has 3 heteroatoms. The first kappa shape index (κ1) is 36.7. The topological polar surface area (TPSA) is 3.24 Å². The van der Waals surface area contributed by atoms with Crippen LogP contribution < -0.4 is 4.90 Å². The predicted octanol–water partition coefficient (Wildman–Crippen LogP) is 17.4. The lowest BCUT2D eigenvalue weighted by Gasteiger charge is -2.25. The Balaban J connectivity index is 1.14. The minimum atomic E-state index is -0.315. The molecule has 1 nitrogen and oxygen atoms in total. The van der Waals surface area contributed by atoms with Gasteiger partial charge < -0.3 is 4.90 Å². The molecule has 0 radical (unpaired) electrons. The molecule has 0 N–H and O–H groups in total. The van der Waals surface area contributed by atoms with Crippen LogP contribution in [0.3, 0.4) is 0 Å². The Labute approximate surface area is 363 Å². The van der Waals surface area contributed by atoms with Gasteiger partial charge in [0.2, 0.25) is 0 Å². The third kappa shape index (κ3) is 6.12. The van der Waals surface area contributed by atoms with Gasteiger partial charge in [-0.15, -0.1) is 0 Å². The molecule has 0 bridgehead atoms. The van der Waals surface area contributed by atoms with Crippen LogP contribution in [0.5, 0.6) is 0 Å². The maximum absolute atomic E-state index is 14.1. The van der Waals surface area contributed by atoms with Gasteiger partial charge in [-0.25, -0.2) is 8.78 Å². The number of rotatable bonds is 6. The summed E-state index contributed by atoms with van der Waals surface area (Å²) in [4.78, 5) is 2.01. The van der Waals surface area contributed by atoms with Crippen molar-refractivity contribution in [2.45, 2.75) is 0 Å². The lowest BCUT2D eigenvalue weighted by atomic mass is 9.81. The number of fused-ring (bicyclic) bond motifs is 8. The van der Waals surface area contributed by atoms with E-state index >= 15 is 0 Å². The van der Waals surface area contributed by atoms with Crippen molar-refractivity contribution in [3.05, 3.63) is 236 Å². The van der Waals surface area contributed by atoms with Crippen LogP contribution >= 0.6 is 0 Å². The standard InChI is InChI=1S/C60H37F2N/c61-42-24-30-45(31-25-42)63(46-32-26-43(62)27-33-46)44-28-21-38(22-29-44)39-23-34-55-58(35-39)60(57-37-41-12-2-4-14-48(41)50-16-6-8-18-52(50)57)54-20-10-9-19-53(54)59(55)56-36-40-11-1-3-13-47(40)49-15-5-7-17-51(49)56/h1-37H. The van der Waals surface area contributed by atoms with E-state index in [-0.39, 0.29) is 11.6 Å². The highest BCUT2D eigenvalue weighted by Crippen LogP contribution is 2.49. The second-order valence-corrected chi connectivity index (χ2v) is 16.3. The van der Waals surface area contributed by atoms with Crippen molar-refractivity contribution in [1.29, 1.82) is 0 Å². The van der Waals surface area contributed by atoms with Crippen LogP contribution in [-0.2, 0) is 0 Å². The Morgan fingerprint density at radius 1 is 0.254 bits per heavy atom. The van der Waals surface area contributed by atoms with Crippen molar-refractivity contribution in [2.24, 2.45) is 0 Å². The summed E-state index contributed by atoms with van der Waals surface area (Å²) in [5, 5.41) is 14.5. The lowest BCUT2D eigenvalue weighted by Crippen LogP contribution is -2.09. The van der Waals surface area contributed by atoms with E-state index in [1.807, 2.05) is 4.90 Å². The van der Waals surface area contributed by atoms with E-state index in [4.69, 9.17) is 0 Å². The Morgan fingerprint density at radius 2 is 0.603 bits per heavy atom. The SMILES string of the molecule is Fc1ccc(N(c2ccc(F)cc2)c2ccc(-c3ccc4c(-c5cc6ccccc6c6ccccc56)c5ccccc5c(-c5cc6ccccc6c6ccccc56)c4c3)cc2)cc1. The molecule has 0 aliphatic heterocycles. The van der Waals surface area contributed by atoms with Gasteiger partial charge in [0, 0.05) is 17.1 Å². The van der Waals surface area contributed by atoms with E-state index < -0.39 is 0 Å². The molecule has 0 heterocycles. The highest BCUT2D eigenvalue weighted by molar-refractivity contribution is 6.28. The van der Waals surface area contributed by atoms with Gasteiger partial charge in [0.1, 0.15) is 11.6 Å². The maximum Gasteiger partial charge on any atom is 0.123 e. The Hall–Kier alpha value is -8.14. The van der Waals surface area contributed by atoms with E-state index in [9.17, 15) is 8.78 Å². The van der Waals surface area contributed by atoms with Crippen molar-refractivity contribution in [3.8, 4) is 33.4 Å². The summed E-state index contributed by atoms with van der Waals surface area (Å²) in [5.74, 6) is -0.629. The van der Waals surface area contributed by atoms with Gasteiger partial charge in [0.25, 0.3) is 0 Å². The van der Waals surface area contributed by atoms with Crippen molar-refractivity contribution in [1.82, 2.24) is 0 Å². The highest BCUT2D eigenvalue weighted by atomic mass is 19.1. The lowest BCUT2D eigenvalue weighted by molar-refractivity contribution is 0.628. The van der Waals surface area contributed by atoms with Crippen molar-refractivity contribution in [2.75, 3.05) is 4.90 Å². The number of anilines is 3. The molecule has 63 heavy (non-hydrogen) atoms. The van der Waals surface area contributed by atoms with Gasteiger partial charge in [0.15, 0.2) is 0 Å². The van der Waals surface area contributed by atoms with Crippen LogP contribution in [0.4, 0.5) is 25.8 Å². The van der Waals surface area contributed by atoms with Crippen molar-refractivity contribution in [3.63, 3.8) is 0 Å². The third-order valence-corrected chi connectivity index (χ3v) is 12.7. The van der Waals surface area contributed by atoms with Crippen LogP contribution in [0.2, 0.25) is 0 Å². The summed E-state index contributed by atoms with van der Waals surface area (Å²) in [6.07, 6.45) is 0. The molecular formula is C60H37F2N. The van der Waals surface area contributed by atoms with E-state index in [2.05, 4.69) is 176 Å². The molecule has 0 aromatic heterocycles. The van der Waals surface area contributed by atoms with E-state index in [1.165, 1.54) is 111 Å². The predicted molar refractivity (Wildman–Crippen MR) is 262 cm³/mol. The molecule has 0 aliphatic rings. The van der Waals surface area contributed by atoms with Crippen LogP contribution in [0, 0.1) is 11.6 Å². The number of nitrogens with zero attached hydrogens (tertiary/aromatic N) is 1. The fourth-order valence-electron chi connectivity index (χ4n) is 9.89. The molecular weight excluding hydrogens is 773 g/mol. The smallest absolute Gasteiger partial charge is 0.123 e. The minimum Gasteiger partial charge on any atom is -0.310 e. The van der Waals surface area contributed by atoms with Crippen LogP contribution in [0.1, 0.15) is 0 Å². The van der Waals surface area contributed by atoms with E-state index in [0.29, 0.717) is 0 Å². The maximum atomic E-state index is 14.1. The number of benzene rings is 12. The molecule has 0 unspecified atom stereocenters. The molecule has 0 fully saturated rings. The molecule has 12 aromatic rings. The van der Waals surface area contributed by atoms with Gasteiger partial charge in [-0.05, 0) is 177 Å². The summed E-state index contributed by atoms with van der Waals surface area (Å²) in [5.41, 5.74) is 9.38. The van der Waals surface area contributed by atoms with Gasteiger partial charge in [-0.1, -0.05) is 146 Å². The molecule has 0 aliphatic carbocycles. The largest absolute Gasteiger partial charge is 0.310 e. The summed E-state index contributed by atoms with van der Waals surface area (Å²) in [6.45, 7) is 0. The van der Waals surface area contributed by atoms with Crippen molar-refractivity contribution >= 4 is 81.7 Å². The zero-order chi connectivity index (χ0) is 42.0. The molecule has 12 rings (SSSR count). The van der Waals surface area contributed by atoms with Crippen LogP contribution in [0.25, 0.3) is 98.0 Å². The fourth-order valence-corrected chi connectivity index (χ4v) is 9.89. The van der Waals surface area contributed by atoms with Crippen LogP contribution in [-0.4, -0.2) is 0 Å². The summed E-state index contributed by atoms with van der Waals surface area (Å²) in [7, 11) is 0. The van der Waals surface area contributed by atoms with Gasteiger partial charge in [-0.2, -0.15) is 0 Å². The molecule has 0 saturated carbocycles. The van der Waals surface area contributed by atoms with Crippen LogP contribution in [0.15, 0.2) is 224 Å². The highest BCUT2D eigenvalue weighted by Gasteiger charge is 2.22. The van der Waals surface area contributed by atoms with E-state index in [1.54, 1.807) is 24.3 Å². The zero-order valence-corrected chi connectivity index (χ0v) is 34.1. The van der Waals surface area contributed by atoms with E-state index in [0.717, 1.165) is 28.2 Å². The Bertz CT molecular complexity index is 3700. The first-order valence-corrected chi connectivity index (χ1v) is 21.3. The molecule has 0 amide bonds. The number of hydrogen-bond donors (Lipinski definition) is 0. The average Bonchev–Trinajstić information content (AvgIpc) is 3.34. The Kier molecular flexibility index (Phi) is 8.62. The monoisotopic (exact) mass is 809 g/mol.